The number of primary amides is 1. The quantitative estimate of drug-likeness (QED) is 0.610. The molecule has 8 heteroatoms. The lowest BCUT2D eigenvalue weighted by molar-refractivity contribution is 0.100. The normalized spacial score (nSPS) is 22.0. The fourth-order valence-corrected chi connectivity index (χ4v) is 4.14. The van der Waals surface area contributed by atoms with E-state index in [0.717, 1.165) is 50.9 Å². The fourth-order valence-electron chi connectivity index (χ4n) is 4.14. The Labute approximate surface area is 171 Å². The van der Waals surface area contributed by atoms with E-state index in [4.69, 9.17) is 11.5 Å². The van der Waals surface area contributed by atoms with E-state index in [1.165, 1.54) is 17.3 Å². The van der Waals surface area contributed by atoms with Crippen LogP contribution in [0.15, 0.2) is 24.4 Å². The molecule has 0 spiro atoms. The van der Waals surface area contributed by atoms with Gasteiger partial charge in [0.1, 0.15) is 11.4 Å². The summed E-state index contributed by atoms with van der Waals surface area (Å²) in [5.41, 5.74) is 15.6. The highest BCUT2D eigenvalue weighted by molar-refractivity contribution is 5.98. The molecule has 8 nitrogen and oxygen atoms in total. The Morgan fingerprint density at radius 3 is 2.86 bits per heavy atom. The third-order valence-electron chi connectivity index (χ3n) is 5.86. The van der Waals surface area contributed by atoms with Crippen molar-refractivity contribution in [1.29, 1.82) is 0 Å². The van der Waals surface area contributed by atoms with Crippen molar-refractivity contribution in [3.63, 3.8) is 0 Å². The minimum Gasteiger partial charge on any atom is -0.365 e. The van der Waals surface area contributed by atoms with Crippen molar-refractivity contribution in [2.45, 2.75) is 50.7 Å². The lowest BCUT2D eigenvalue weighted by Crippen LogP contribution is -2.43. The number of carbonyl (C=O) groups excluding carboxylic acids is 1. The van der Waals surface area contributed by atoms with Gasteiger partial charge in [0.25, 0.3) is 5.91 Å². The highest BCUT2D eigenvalue weighted by atomic mass is 16.1. The minimum absolute atomic E-state index is 0.0808. The van der Waals surface area contributed by atoms with Crippen LogP contribution in [0.25, 0.3) is 0 Å². The maximum atomic E-state index is 11.9. The van der Waals surface area contributed by atoms with E-state index in [2.05, 4.69) is 44.7 Å². The standard InChI is InChI=1S/C21H29N7O/c1-28-9-8-13-6-7-15(10-14(13)12-28)25-20-16(19(23)29)11-24-21(27-20)26-18-5-3-2-4-17(18)22/h6-7,10-11,17-18H,2-5,8-9,12,22H2,1H3,(H2,23,29)(H2,24,25,26,27). The third kappa shape index (κ3) is 4.49. The second-order valence-electron chi connectivity index (χ2n) is 8.12. The topological polar surface area (TPSA) is 122 Å². The van der Waals surface area contributed by atoms with Crippen LogP contribution < -0.4 is 22.1 Å². The summed E-state index contributed by atoms with van der Waals surface area (Å²) in [5.74, 6) is 0.298. The molecule has 0 bridgehead atoms. The number of nitrogens with two attached hydrogens (primary N) is 2. The number of anilines is 3. The Hall–Kier alpha value is -2.71. The van der Waals surface area contributed by atoms with Crippen LogP contribution in [0, 0.1) is 0 Å². The van der Waals surface area contributed by atoms with Gasteiger partial charge in [-0.1, -0.05) is 18.9 Å². The average molecular weight is 396 g/mol. The molecule has 154 valence electrons. The van der Waals surface area contributed by atoms with Crippen LogP contribution >= 0.6 is 0 Å². The molecule has 6 N–H and O–H groups in total. The van der Waals surface area contributed by atoms with Gasteiger partial charge in [-0.15, -0.1) is 0 Å². The van der Waals surface area contributed by atoms with E-state index >= 15 is 0 Å². The summed E-state index contributed by atoms with van der Waals surface area (Å²) in [5, 5.41) is 6.60. The van der Waals surface area contributed by atoms with Gasteiger partial charge in [-0.25, -0.2) is 4.98 Å². The first-order chi connectivity index (χ1) is 14.0. The summed E-state index contributed by atoms with van der Waals surface area (Å²) in [7, 11) is 2.12. The monoisotopic (exact) mass is 395 g/mol. The lowest BCUT2D eigenvalue weighted by Gasteiger charge is -2.29. The van der Waals surface area contributed by atoms with Crippen molar-refractivity contribution in [3.8, 4) is 0 Å². The third-order valence-corrected chi connectivity index (χ3v) is 5.86. The van der Waals surface area contributed by atoms with E-state index in [1.807, 2.05) is 6.07 Å². The second-order valence-corrected chi connectivity index (χ2v) is 8.12. The Morgan fingerprint density at radius 2 is 2.07 bits per heavy atom. The molecule has 1 saturated carbocycles. The second kappa shape index (κ2) is 8.34. The van der Waals surface area contributed by atoms with Crippen molar-refractivity contribution in [2.24, 2.45) is 11.5 Å². The fraction of sp³-hybridized carbons (Fsp3) is 0.476. The van der Waals surface area contributed by atoms with Gasteiger partial charge >= 0.3 is 0 Å². The number of rotatable bonds is 5. The van der Waals surface area contributed by atoms with Gasteiger partial charge < -0.3 is 27.0 Å². The maximum absolute atomic E-state index is 11.9. The van der Waals surface area contributed by atoms with Crippen LogP contribution in [0.4, 0.5) is 17.5 Å². The molecule has 1 fully saturated rings. The summed E-state index contributed by atoms with van der Waals surface area (Å²) >= 11 is 0. The summed E-state index contributed by atoms with van der Waals surface area (Å²) < 4.78 is 0. The lowest BCUT2D eigenvalue weighted by atomic mass is 9.91. The van der Waals surface area contributed by atoms with Crippen LogP contribution in [-0.2, 0) is 13.0 Å². The molecule has 1 amide bonds. The highest BCUT2D eigenvalue weighted by Crippen LogP contribution is 2.26. The zero-order valence-corrected chi connectivity index (χ0v) is 16.8. The zero-order chi connectivity index (χ0) is 20.4. The molecule has 2 aromatic rings. The number of aromatic nitrogens is 2. The molecular weight excluding hydrogens is 366 g/mol. The first-order valence-corrected chi connectivity index (χ1v) is 10.3. The minimum atomic E-state index is -0.564. The first kappa shape index (κ1) is 19.6. The van der Waals surface area contributed by atoms with Crippen LogP contribution in [0.2, 0.25) is 0 Å². The van der Waals surface area contributed by atoms with E-state index < -0.39 is 5.91 Å². The number of fused-ring (bicyclic) bond motifs is 1. The first-order valence-electron chi connectivity index (χ1n) is 10.3. The van der Waals surface area contributed by atoms with Gasteiger partial charge in [-0.3, -0.25) is 4.79 Å². The average Bonchev–Trinajstić information content (AvgIpc) is 2.69. The van der Waals surface area contributed by atoms with E-state index in [9.17, 15) is 4.79 Å². The van der Waals surface area contributed by atoms with Crippen LogP contribution in [0.5, 0.6) is 0 Å². The molecular formula is C21H29N7O. The van der Waals surface area contributed by atoms with Crippen molar-refractivity contribution >= 4 is 23.4 Å². The van der Waals surface area contributed by atoms with E-state index in [-0.39, 0.29) is 17.6 Å². The number of benzene rings is 1. The maximum Gasteiger partial charge on any atom is 0.254 e. The SMILES string of the molecule is CN1CCc2ccc(Nc3nc(NC4CCCCC4N)ncc3C(N)=O)cc2C1. The summed E-state index contributed by atoms with van der Waals surface area (Å²) in [6, 6.07) is 6.48. The molecule has 2 unspecified atom stereocenters. The largest absolute Gasteiger partial charge is 0.365 e. The molecule has 2 aliphatic rings. The molecule has 2 heterocycles. The van der Waals surface area contributed by atoms with Crippen molar-refractivity contribution in [3.05, 3.63) is 41.1 Å². The smallest absolute Gasteiger partial charge is 0.254 e. The molecule has 1 aromatic carbocycles. The van der Waals surface area contributed by atoms with Gasteiger partial charge in [-0.05, 0) is 49.6 Å². The number of hydrogen-bond donors (Lipinski definition) is 4. The molecule has 1 aliphatic heterocycles. The molecule has 0 radical (unpaired) electrons. The number of carbonyl (C=O) groups is 1. The van der Waals surface area contributed by atoms with E-state index in [0.29, 0.717) is 11.8 Å². The molecule has 1 aliphatic carbocycles. The van der Waals surface area contributed by atoms with Crippen molar-refractivity contribution < 1.29 is 4.79 Å². The van der Waals surface area contributed by atoms with Crippen LogP contribution in [-0.4, -0.2) is 46.5 Å². The van der Waals surface area contributed by atoms with E-state index in [1.54, 1.807) is 0 Å². The van der Waals surface area contributed by atoms with Crippen molar-refractivity contribution in [2.75, 3.05) is 24.2 Å². The van der Waals surface area contributed by atoms with Gasteiger partial charge in [0, 0.05) is 37.1 Å². The molecule has 0 saturated heterocycles. The molecule has 4 rings (SSSR count). The number of nitrogens with zero attached hydrogens (tertiary/aromatic N) is 3. The summed E-state index contributed by atoms with van der Waals surface area (Å²) in [4.78, 5) is 23.0. The summed E-state index contributed by atoms with van der Waals surface area (Å²) in [6.45, 7) is 1.97. The Bertz CT molecular complexity index is 901. The Kier molecular flexibility index (Phi) is 5.64. The number of hydrogen-bond acceptors (Lipinski definition) is 7. The van der Waals surface area contributed by atoms with Gasteiger partial charge in [-0.2, -0.15) is 4.98 Å². The van der Waals surface area contributed by atoms with Gasteiger partial charge in [0.15, 0.2) is 0 Å². The predicted molar refractivity (Wildman–Crippen MR) is 114 cm³/mol. The Morgan fingerprint density at radius 1 is 1.24 bits per heavy atom. The van der Waals surface area contributed by atoms with Crippen LogP contribution in [0.3, 0.4) is 0 Å². The van der Waals surface area contributed by atoms with Crippen molar-refractivity contribution in [1.82, 2.24) is 14.9 Å². The molecule has 1 aromatic heterocycles. The highest BCUT2D eigenvalue weighted by Gasteiger charge is 2.23. The van der Waals surface area contributed by atoms with Gasteiger partial charge in [0.05, 0.1) is 0 Å². The molecule has 29 heavy (non-hydrogen) atoms. The zero-order valence-electron chi connectivity index (χ0n) is 16.8. The number of likely N-dealkylation sites (N-methyl/N-ethyl adjacent to an activating group) is 1. The predicted octanol–water partition coefficient (Wildman–Crippen LogP) is 1.99. The Balaban J connectivity index is 1.58. The summed E-state index contributed by atoms with van der Waals surface area (Å²) in [6.07, 6.45) is 6.79. The van der Waals surface area contributed by atoms with Gasteiger partial charge in [0.2, 0.25) is 5.95 Å². The van der Waals surface area contributed by atoms with Crippen LogP contribution in [0.1, 0.15) is 47.2 Å². The molecule has 2 atom stereocenters. The number of amides is 1. The number of nitrogens with one attached hydrogen (secondary N) is 2.